The molecular formula is C18H32N8O. The van der Waals surface area contributed by atoms with Gasteiger partial charge in [0.1, 0.15) is 12.2 Å². The molecule has 2 fully saturated rings. The highest BCUT2D eigenvalue weighted by atomic mass is 16.2. The molecule has 3 rings (SSSR count). The molecule has 2 aliphatic heterocycles. The summed E-state index contributed by atoms with van der Waals surface area (Å²) in [5.74, 6) is 2.03. The van der Waals surface area contributed by atoms with Crippen LogP contribution in [0, 0.1) is 0 Å². The molecule has 0 aromatic carbocycles. The average molecular weight is 377 g/mol. The van der Waals surface area contributed by atoms with E-state index in [-0.39, 0.29) is 5.91 Å². The summed E-state index contributed by atoms with van der Waals surface area (Å²) in [5, 5.41) is 7.44. The lowest BCUT2D eigenvalue weighted by Gasteiger charge is -2.36. The first-order chi connectivity index (χ1) is 13.2. The Labute approximate surface area is 161 Å². The molecule has 9 heteroatoms. The highest BCUT2D eigenvalue weighted by Crippen LogP contribution is 2.11. The Morgan fingerprint density at radius 2 is 1.78 bits per heavy atom. The Balaban J connectivity index is 1.43. The van der Waals surface area contributed by atoms with Crippen molar-refractivity contribution in [2.24, 2.45) is 12.0 Å². The molecule has 2 saturated heterocycles. The second-order valence-electron chi connectivity index (χ2n) is 7.26. The number of aliphatic imine (C=N–C) groups is 1. The zero-order valence-corrected chi connectivity index (χ0v) is 16.6. The number of aryl methyl sites for hydroxylation is 1. The maximum atomic E-state index is 12.6. The van der Waals surface area contributed by atoms with Crippen LogP contribution in [0.2, 0.25) is 0 Å². The van der Waals surface area contributed by atoms with Crippen LogP contribution in [0.15, 0.2) is 11.3 Å². The van der Waals surface area contributed by atoms with E-state index in [0.29, 0.717) is 13.1 Å². The quantitative estimate of drug-likeness (QED) is 0.584. The first-order valence-corrected chi connectivity index (χ1v) is 9.96. The second-order valence-corrected chi connectivity index (χ2v) is 7.26. The fourth-order valence-electron chi connectivity index (χ4n) is 3.70. The number of hydrogen-bond acceptors (Lipinski definition) is 5. The molecule has 3 heterocycles. The van der Waals surface area contributed by atoms with Crippen molar-refractivity contribution in [1.82, 2.24) is 34.8 Å². The Hall–Kier alpha value is -2.16. The van der Waals surface area contributed by atoms with E-state index in [2.05, 4.69) is 35.1 Å². The van der Waals surface area contributed by atoms with Gasteiger partial charge < -0.3 is 15.1 Å². The second kappa shape index (κ2) is 9.68. The van der Waals surface area contributed by atoms with Crippen LogP contribution in [0.5, 0.6) is 0 Å². The molecule has 0 atom stereocenters. The lowest BCUT2D eigenvalue weighted by molar-refractivity contribution is -0.132. The van der Waals surface area contributed by atoms with Crippen molar-refractivity contribution in [2.45, 2.75) is 32.2 Å². The van der Waals surface area contributed by atoms with E-state index in [4.69, 9.17) is 0 Å². The standard InChI is InChI=1S/C18H32N8O/c1-19-18(20-13-16-21-15-22-23(16)2)26-11-9-24(10-12-26)14-17(27)25-7-5-3-4-6-8-25/h15H,3-14H2,1-2H3,(H,19,20). The topological polar surface area (TPSA) is 81.9 Å². The first-order valence-electron chi connectivity index (χ1n) is 9.96. The first kappa shape index (κ1) is 19.6. The predicted octanol–water partition coefficient (Wildman–Crippen LogP) is -0.0893. The van der Waals surface area contributed by atoms with Gasteiger partial charge in [0.2, 0.25) is 5.91 Å². The largest absolute Gasteiger partial charge is 0.349 e. The van der Waals surface area contributed by atoms with E-state index in [1.807, 2.05) is 7.05 Å². The number of nitrogens with one attached hydrogen (secondary N) is 1. The number of carbonyl (C=O) groups excluding carboxylic acids is 1. The molecule has 0 saturated carbocycles. The highest BCUT2D eigenvalue weighted by Gasteiger charge is 2.23. The maximum Gasteiger partial charge on any atom is 0.236 e. The minimum atomic E-state index is 0.287. The van der Waals surface area contributed by atoms with Crippen LogP contribution < -0.4 is 5.32 Å². The van der Waals surface area contributed by atoms with Gasteiger partial charge in [0, 0.05) is 53.4 Å². The van der Waals surface area contributed by atoms with Gasteiger partial charge in [-0.25, -0.2) is 4.98 Å². The fraction of sp³-hybridized carbons (Fsp3) is 0.778. The van der Waals surface area contributed by atoms with Crippen LogP contribution in [0.4, 0.5) is 0 Å². The molecule has 1 amide bonds. The lowest BCUT2D eigenvalue weighted by Crippen LogP contribution is -2.54. The van der Waals surface area contributed by atoms with Gasteiger partial charge in [0.05, 0.1) is 13.1 Å². The van der Waals surface area contributed by atoms with Crippen molar-refractivity contribution in [3.05, 3.63) is 12.2 Å². The summed E-state index contributed by atoms with van der Waals surface area (Å²) in [5.41, 5.74) is 0. The Morgan fingerprint density at radius 1 is 1.07 bits per heavy atom. The minimum Gasteiger partial charge on any atom is -0.349 e. The number of guanidine groups is 1. The zero-order chi connectivity index (χ0) is 19.1. The molecule has 0 unspecified atom stereocenters. The molecule has 0 aliphatic carbocycles. The van der Waals surface area contributed by atoms with Gasteiger partial charge in [-0.05, 0) is 12.8 Å². The van der Waals surface area contributed by atoms with Gasteiger partial charge in [-0.15, -0.1) is 0 Å². The number of likely N-dealkylation sites (tertiary alicyclic amines) is 1. The molecule has 0 bridgehead atoms. The number of nitrogens with zero attached hydrogens (tertiary/aromatic N) is 7. The molecular weight excluding hydrogens is 344 g/mol. The number of piperazine rings is 1. The summed E-state index contributed by atoms with van der Waals surface area (Å²) in [6.07, 6.45) is 6.35. The molecule has 9 nitrogen and oxygen atoms in total. The number of hydrogen-bond donors (Lipinski definition) is 1. The highest BCUT2D eigenvalue weighted by molar-refractivity contribution is 5.80. The average Bonchev–Trinajstić information content (AvgIpc) is 2.92. The van der Waals surface area contributed by atoms with Crippen LogP contribution >= 0.6 is 0 Å². The minimum absolute atomic E-state index is 0.287. The zero-order valence-electron chi connectivity index (χ0n) is 16.6. The van der Waals surface area contributed by atoms with E-state index in [9.17, 15) is 4.79 Å². The van der Waals surface area contributed by atoms with E-state index in [0.717, 1.165) is 63.9 Å². The Bertz CT molecular complexity index is 627. The molecule has 1 aromatic heterocycles. The van der Waals surface area contributed by atoms with Crippen molar-refractivity contribution in [1.29, 1.82) is 0 Å². The number of carbonyl (C=O) groups is 1. The SMILES string of the molecule is CN=C(NCc1ncnn1C)N1CCN(CC(=O)N2CCCCCC2)CC1. The summed E-state index contributed by atoms with van der Waals surface area (Å²) in [6, 6.07) is 0. The molecule has 2 aliphatic rings. The third kappa shape index (κ3) is 5.41. The lowest BCUT2D eigenvalue weighted by atomic mass is 10.2. The molecule has 1 aromatic rings. The van der Waals surface area contributed by atoms with Crippen LogP contribution in [0.3, 0.4) is 0 Å². The van der Waals surface area contributed by atoms with Gasteiger partial charge in [0.25, 0.3) is 0 Å². The van der Waals surface area contributed by atoms with Crippen LogP contribution in [0.25, 0.3) is 0 Å². The summed E-state index contributed by atoms with van der Waals surface area (Å²) in [4.78, 5) is 27.8. The van der Waals surface area contributed by atoms with Crippen molar-refractivity contribution in [2.75, 3.05) is 52.9 Å². The van der Waals surface area contributed by atoms with Crippen molar-refractivity contribution in [3.8, 4) is 0 Å². The third-order valence-electron chi connectivity index (χ3n) is 5.41. The van der Waals surface area contributed by atoms with Gasteiger partial charge >= 0.3 is 0 Å². The van der Waals surface area contributed by atoms with E-state index < -0.39 is 0 Å². The fourth-order valence-corrected chi connectivity index (χ4v) is 3.70. The normalized spacial score (nSPS) is 19.9. The summed E-state index contributed by atoms with van der Waals surface area (Å²) < 4.78 is 1.76. The van der Waals surface area contributed by atoms with E-state index in [1.165, 1.54) is 12.8 Å². The Kier molecular flexibility index (Phi) is 7.03. The van der Waals surface area contributed by atoms with Crippen LogP contribution in [0.1, 0.15) is 31.5 Å². The van der Waals surface area contributed by atoms with Gasteiger partial charge in [-0.2, -0.15) is 5.10 Å². The van der Waals surface area contributed by atoms with Crippen molar-refractivity contribution in [3.63, 3.8) is 0 Å². The van der Waals surface area contributed by atoms with Gasteiger partial charge in [-0.1, -0.05) is 12.8 Å². The van der Waals surface area contributed by atoms with Gasteiger partial charge in [0.15, 0.2) is 5.96 Å². The third-order valence-corrected chi connectivity index (χ3v) is 5.41. The maximum absolute atomic E-state index is 12.6. The Morgan fingerprint density at radius 3 is 2.37 bits per heavy atom. The van der Waals surface area contributed by atoms with Crippen LogP contribution in [-0.2, 0) is 18.4 Å². The number of amides is 1. The number of rotatable bonds is 4. The molecule has 0 spiro atoms. The van der Waals surface area contributed by atoms with Crippen molar-refractivity contribution >= 4 is 11.9 Å². The summed E-state index contributed by atoms with van der Waals surface area (Å²) >= 11 is 0. The predicted molar refractivity (Wildman–Crippen MR) is 104 cm³/mol. The van der Waals surface area contributed by atoms with Crippen LogP contribution in [-0.4, -0.2) is 94.2 Å². The molecule has 27 heavy (non-hydrogen) atoms. The molecule has 1 N–H and O–H groups in total. The molecule has 150 valence electrons. The smallest absolute Gasteiger partial charge is 0.236 e. The monoisotopic (exact) mass is 376 g/mol. The molecule has 0 radical (unpaired) electrons. The van der Waals surface area contributed by atoms with E-state index >= 15 is 0 Å². The summed E-state index contributed by atoms with van der Waals surface area (Å²) in [7, 11) is 3.68. The van der Waals surface area contributed by atoms with E-state index in [1.54, 1.807) is 18.1 Å². The van der Waals surface area contributed by atoms with Gasteiger partial charge in [-0.3, -0.25) is 19.4 Å². The summed E-state index contributed by atoms with van der Waals surface area (Å²) in [6.45, 7) is 6.48. The number of aromatic nitrogens is 3. The van der Waals surface area contributed by atoms with Crippen molar-refractivity contribution < 1.29 is 4.79 Å².